The van der Waals surface area contributed by atoms with Crippen molar-refractivity contribution >= 4 is 16.8 Å². The van der Waals surface area contributed by atoms with E-state index in [1.54, 1.807) is 24.1 Å². The first-order valence-electron chi connectivity index (χ1n) is 9.22. The van der Waals surface area contributed by atoms with E-state index in [0.29, 0.717) is 6.54 Å². The average molecular weight is 402 g/mol. The van der Waals surface area contributed by atoms with Gasteiger partial charge in [-0.05, 0) is 49.2 Å². The third-order valence-electron chi connectivity index (χ3n) is 4.89. The van der Waals surface area contributed by atoms with Crippen molar-refractivity contribution in [2.24, 2.45) is 0 Å². The first kappa shape index (κ1) is 20.6. The van der Waals surface area contributed by atoms with E-state index >= 15 is 0 Å². The van der Waals surface area contributed by atoms with E-state index in [-0.39, 0.29) is 23.8 Å². The fourth-order valence-electron chi connectivity index (χ4n) is 3.38. The Morgan fingerprint density at radius 3 is 2.59 bits per heavy atom. The summed E-state index contributed by atoms with van der Waals surface area (Å²) in [5, 5.41) is 1.06. The Morgan fingerprint density at radius 1 is 1.14 bits per heavy atom. The maximum atomic E-state index is 12.8. The molecule has 0 bridgehead atoms. The van der Waals surface area contributed by atoms with Gasteiger partial charge in [-0.3, -0.25) is 4.79 Å². The van der Waals surface area contributed by atoms with Crippen molar-refractivity contribution in [3.8, 4) is 11.5 Å². The number of likely N-dealkylation sites (N-methyl/N-ethyl adjacent to an activating group) is 1. The van der Waals surface area contributed by atoms with Crippen LogP contribution in [0.2, 0.25) is 0 Å². The van der Waals surface area contributed by atoms with Gasteiger partial charge in [0.05, 0.1) is 13.5 Å². The number of nitrogens with one attached hydrogen (secondary N) is 1. The molecule has 3 aromatic rings. The van der Waals surface area contributed by atoms with Crippen LogP contribution in [0.3, 0.4) is 0 Å². The van der Waals surface area contributed by atoms with E-state index in [9.17, 15) is 13.6 Å². The standard InChI is InChI=1S/C22H24F2N2O3/c1-13-5-7-18-17(9-13)16(14(2)25-18)11-21(27)26(3)12-15-6-8-19(29-22(23)24)20(10-15)28-4/h5-10,22,25H,11-12H2,1-4H3. The zero-order valence-corrected chi connectivity index (χ0v) is 16.9. The summed E-state index contributed by atoms with van der Waals surface area (Å²) < 4.78 is 34.5. The van der Waals surface area contributed by atoms with Gasteiger partial charge in [0, 0.05) is 30.2 Å². The molecule has 0 aliphatic carbocycles. The van der Waals surface area contributed by atoms with E-state index in [1.165, 1.54) is 13.2 Å². The number of carbonyl (C=O) groups excluding carboxylic acids is 1. The summed E-state index contributed by atoms with van der Waals surface area (Å²) in [6.45, 7) is 1.38. The van der Waals surface area contributed by atoms with Crippen molar-refractivity contribution in [1.82, 2.24) is 9.88 Å². The lowest BCUT2D eigenvalue weighted by Gasteiger charge is -2.19. The molecule has 0 saturated heterocycles. The molecule has 0 atom stereocenters. The second-order valence-corrected chi connectivity index (χ2v) is 7.07. The monoisotopic (exact) mass is 402 g/mol. The Balaban J connectivity index is 1.74. The molecule has 1 N–H and O–H groups in total. The van der Waals surface area contributed by atoms with E-state index in [1.807, 2.05) is 26.0 Å². The lowest BCUT2D eigenvalue weighted by Crippen LogP contribution is -2.27. The van der Waals surface area contributed by atoms with Crippen molar-refractivity contribution in [2.75, 3.05) is 14.2 Å². The predicted octanol–water partition coefficient (Wildman–Crippen LogP) is 4.60. The van der Waals surface area contributed by atoms with Crippen LogP contribution in [0.25, 0.3) is 10.9 Å². The minimum Gasteiger partial charge on any atom is -0.493 e. The molecule has 0 aliphatic rings. The summed E-state index contributed by atoms with van der Waals surface area (Å²) >= 11 is 0. The van der Waals surface area contributed by atoms with Gasteiger partial charge < -0.3 is 19.4 Å². The Labute approximate surface area is 168 Å². The molecule has 1 aromatic heterocycles. The summed E-state index contributed by atoms with van der Waals surface area (Å²) in [7, 11) is 3.10. The minimum absolute atomic E-state index is 0.0370. The number of ether oxygens (including phenoxy) is 2. The summed E-state index contributed by atoms with van der Waals surface area (Å²) in [6.07, 6.45) is 0.273. The number of aromatic nitrogens is 1. The van der Waals surface area contributed by atoms with Gasteiger partial charge in [-0.25, -0.2) is 0 Å². The quantitative estimate of drug-likeness (QED) is 0.629. The number of nitrogens with zero attached hydrogens (tertiary/aromatic N) is 1. The summed E-state index contributed by atoms with van der Waals surface area (Å²) in [6, 6.07) is 10.8. The highest BCUT2D eigenvalue weighted by atomic mass is 19.3. The Kier molecular flexibility index (Phi) is 6.06. The van der Waals surface area contributed by atoms with E-state index < -0.39 is 6.61 Å². The number of benzene rings is 2. The fraction of sp³-hybridized carbons (Fsp3) is 0.318. The summed E-state index contributed by atoms with van der Waals surface area (Å²) in [5.74, 6) is 0.124. The van der Waals surface area contributed by atoms with Crippen molar-refractivity contribution in [3.05, 3.63) is 58.8 Å². The van der Waals surface area contributed by atoms with Crippen molar-refractivity contribution < 1.29 is 23.0 Å². The number of amides is 1. The van der Waals surface area contributed by atoms with Gasteiger partial charge in [-0.1, -0.05) is 17.7 Å². The second-order valence-electron chi connectivity index (χ2n) is 7.07. The number of hydrogen-bond donors (Lipinski definition) is 1. The number of aryl methyl sites for hydroxylation is 2. The average Bonchev–Trinajstić information content (AvgIpc) is 2.97. The smallest absolute Gasteiger partial charge is 0.387 e. The van der Waals surface area contributed by atoms with Gasteiger partial charge in [-0.2, -0.15) is 8.78 Å². The van der Waals surface area contributed by atoms with E-state index in [0.717, 1.165) is 33.3 Å². The molecule has 7 heteroatoms. The van der Waals surface area contributed by atoms with Crippen LogP contribution in [0.15, 0.2) is 36.4 Å². The fourth-order valence-corrected chi connectivity index (χ4v) is 3.38. The first-order valence-corrected chi connectivity index (χ1v) is 9.22. The highest BCUT2D eigenvalue weighted by Crippen LogP contribution is 2.30. The molecule has 0 spiro atoms. The lowest BCUT2D eigenvalue weighted by atomic mass is 10.0. The molecule has 0 saturated carbocycles. The van der Waals surface area contributed by atoms with Gasteiger partial charge >= 0.3 is 6.61 Å². The van der Waals surface area contributed by atoms with Crippen molar-refractivity contribution in [3.63, 3.8) is 0 Å². The number of fused-ring (bicyclic) bond motifs is 1. The van der Waals surface area contributed by atoms with Crippen LogP contribution < -0.4 is 9.47 Å². The Hall–Kier alpha value is -3.09. The molecule has 0 unspecified atom stereocenters. The minimum atomic E-state index is -2.93. The van der Waals surface area contributed by atoms with Crippen LogP contribution in [-0.4, -0.2) is 36.6 Å². The Bertz CT molecular complexity index is 1030. The molecule has 29 heavy (non-hydrogen) atoms. The molecule has 1 heterocycles. The number of methoxy groups -OCH3 is 1. The van der Waals surface area contributed by atoms with Crippen LogP contribution >= 0.6 is 0 Å². The van der Waals surface area contributed by atoms with Gasteiger partial charge in [0.1, 0.15) is 0 Å². The number of rotatable bonds is 7. The molecular weight excluding hydrogens is 378 g/mol. The van der Waals surface area contributed by atoms with Gasteiger partial charge in [0.15, 0.2) is 11.5 Å². The number of aromatic amines is 1. The lowest BCUT2D eigenvalue weighted by molar-refractivity contribution is -0.129. The molecule has 0 radical (unpaired) electrons. The van der Waals surface area contributed by atoms with Gasteiger partial charge in [0.2, 0.25) is 5.91 Å². The molecule has 3 rings (SSSR count). The highest BCUT2D eigenvalue weighted by Gasteiger charge is 2.17. The largest absolute Gasteiger partial charge is 0.493 e. The summed E-state index contributed by atoms with van der Waals surface area (Å²) in [5.41, 5.74) is 4.86. The zero-order chi connectivity index (χ0) is 21.1. The number of carbonyl (C=O) groups is 1. The van der Waals surface area contributed by atoms with E-state index in [2.05, 4.69) is 15.8 Å². The maximum Gasteiger partial charge on any atom is 0.387 e. The number of hydrogen-bond acceptors (Lipinski definition) is 3. The Morgan fingerprint density at radius 2 is 1.90 bits per heavy atom. The van der Waals surface area contributed by atoms with Crippen molar-refractivity contribution in [1.29, 1.82) is 0 Å². The molecule has 0 aliphatic heterocycles. The third-order valence-corrected chi connectivity index (χ3v) is 4.89. The SMILES string of the molecule is COc1cc(CN(C)C(=O)Cc2c(C)[nH]c3ccc(C)cc23)ccc1OC(F)F. The van der Waals surface area contributed by atoms with Crippen LogP contribution in [0, 0.1) is 13.8 Å². The van der Waals surface area contributed by atoms with E-state index in [4.69, 9.17) is 4.74 Å². The zero-order valence-electron chi connectivity index (χ0n) is 16.9. The molecule has 0 fully saturated rings. The first-order chi connectivity index (χ1) is 13.8. The van der Waals surface area contributed by atoms with Crippen molar-refractivity contribution in [2.45, 2.75) is 33.4 Å². The molecule has 154 valence electrons. The molecule has 2 aromatic carbocycles. The third kappa shape index (κ3) is 4.67. The molecule has 5 nitrogen and oxygen atoms in total. The van der Waals surface area contributed by atoms with Crippen LogP contribution in [0.5, 0.6) is 11.5 Å². The second kappa shape index (κ2) is 8.51. The van der Waals surface area contributed by atoms with Crippen LogP contribution in [0.1, 0.15) is 22.4 Å². The number of alkyl halides is 2. The predicted molar refractivity (Wildman–Crippen MR) is 108 cm³/mol. The number of H-pyrrole nitrogens is 1. The van der Waals surface area contributed by atoms with Crippen LogP contribution in [-0.2, 0) is 17.8 Å². The normalized spacial score (nSPS) is 11.1. The molecule has 1 amide bonds. The van der Waals surface area contributed by atoms with Crippen LogP contribution in [0.4, 0.5) is 8.78 Å². The van der Waals surface area contributed by atoms with Gasteiger partial charge in [-0.15, -0.1) is 0 Å². The molecular formula is C22H24F2N2O3. The maximum absolute atomic E-state index is 12.8. The number of halogens is 2. The van der Waals surface area contributed by atoms with Gasteiger partial charge in [0.25, 0.3) is 0 Å². The topological polar surface area (TPSA) is 54.6 Å². The summed E-state index contributed by atoms with van der Waals surface area (Å²) in [4.78, 5) is 17.7. The highest BCUT2D eigenvalue weighted by molar-refractivity contribution is 5.90.